The SMILES string of the molecule is C=CC(=O)N1C[C@H](C)N(c2nc(N3CC(N(C)C)C3)nc3c(F)c(-c4c(C)cc(F)c5[nH]nc(N)c45)c(Cl)cc23)C[C@H]1C. The van der Waals surface area contributed by atoms with E-state index < -0.39 is 11.6 Å². The maximum atomic E-state index is 16.9. The molecule has 0 bridgehead atoms. The Morgan fingerprint density at radius 1 is 1.14 bits per heavy atom. The Balaban J connectivity index is 1.56. The highest BCUT2D eigenvalue weighted by atomic mass is 35.5. The standard InChI is InChI=1S/C30H34ClF2N9O/c1-7-21(43)41-10-16(4)42(11-15(41)3)29-18-9-19(31)23(22-14(2)8-20(32)27-24(22)28(34)38-37-27)25(33)26(18)35-30(36-29)40-12-17(13-40)39(5)6/h7-9,15-17H,1,10-13H2,2-6H3,(H3,34,37,38)/t15-,16+/m1/s1. The van der Waals surface area contributed by atoms with Gasteiger partial charge in [0.1, 0.15) is 22.7 Å². The van der Waals surface area contributed by atoms with Gasteiger partial charge in [-0.25, -0.2) is 13.8 Å². The van der Waals surface area contributed by atoms with Gasteiger partial charge >= 0.3 is 0 Å². The summed E-state index contributed by atoms with van der Waals surface area (Å²) in [5, 5.41) is 7.38. The number of H-pyrrole nitrogens is 1. The molecule has 0 spiro atoms. The summed E-state index contributed by atoms with van der Waals surface area (Å²) in [6, 6.07) is 3.01. The second-order valence-electron chi connectivity index (χ2n) is 11.8. The molecule has 2 fully saturated rings. The second kappa shape index (κ2) is 10.6. The number of amides is 1. The van der Waals surface area contributed by atoms with E-state index in [9.17, 15) is 9.18 Å². The van der Waals surface area contributed by atoms with Crippen LogP contribution in [-0.4, -0.2) is 94.3 Å². The number of aryl methyl sites for hydroxylation is 1. The molecular weight excluding hydrogens is 576 g/mol. The van der Waals surface area contributed by atoms with Crippen molar-refractivity contribution < 1.29 is 13.6 Å². The van der Waals surface area contributed by atoms with Crippen molar-refractivity contribution in [1.82, 2.24) is 30.0 Å². The van der Waals surface area contributed by atoms with Gasteiger partial charge in [0.15, 0.2) is 11.6 Å². The van der Waals surface area contributed by atoms with Gasteiger partial charge in [-0.15, -0.1) is 0 Å². The summed E-state index contributed by atoms with van der Waals surface area (Å²) in [7, 11) is 4.03. The number of anilines is 3. The number of halogens is 3. The van der Waals surface area contributed by atoms with E-state index >= 15 is 4.39 Å². The van der Waals surface area contributed by atoms with Crippen molar-refractivity contribution in [2.24, 2.45) is 0 Å². The van der Waals surface area contributed by atoms with E-state index in [4.69, 9.17) is 27.3 Å². The van der Waals surface area contributed by atoms with Crippen LogP contribution in [0.15, 0.2) is 24.8 Å². The van der Waals surface area contributed by atoms with Gasteiger partial charge in [0.2, 0.25) is 11.9 Å². The van der Waals surface area contributed by atoms with E-state index in [1.54, 1.807) is 17.9 Å². The average Bonchev–Trinajstić information content (AvgIpc) is 3.31. The Morgan fingerprint density at radius 3 is 2.53 bits per heavy atom. The van der Waals surface area contributed by atoms with Gasteiger partial charge < -0.3 is 25.3 Å². The molecule has 2 aromatic carbocycles. The van der Waals surface area contributed by atoms with Gasteiger partial charge in [0, 0.05) is 60.8 Å². The Labute approximate surface area is 253 Å². The number of nitrogens with one attached hydrogen (secondary N) is 1. The van der Waals surface area contributed by atoms with Gasteiger partial charge in [-0.2, -0.15) is 10.1 Å². The molecule has 2 aromatic heterocycles. The molecule has 2 aliphatic heterocycles. The number of likely N-dealkylation sites (N-methyl/N-ethyl adjacent to an activating group) is 1. The van der Waals surface area contributed by atoms with E-state index in [1.807, 2.05) is 32.8 Å². The molecule has 0 unspecified atom stereocenters. The molecule has 0 saturated carbocycles. The fourth-order valence-corrected chi connectivity index (χ4v) is 6.47. The number of nitrogens with zero attached hydrogens (tertiary/aromatic N) is 7. The van der Waals surface area contributed by atoms with Crippen LogP contribution in [0, 0.1) is 18.6 Å². The summed E-state index contributed by atoms with van der Waals surface area (Å²) in [6.07, 6.45) is 1.32. The van der Waals surface area contributed by atoms with Crippen LogP contribution in [0.1, 0.15) is 19.4 Å². The smallest absolute Gasteiger partial charge is 0.246 e. The minimum Gasteiger partial charge on any atom is -0.382 e. The highest BCUT2D eigenvalue weighted by molar-refractivity contribution is 6.35. The summed E-state index contributed by atoms with van der Waals surface area (Å²) in [6.45, 7) is 11.6. The number of carbonyl (C=O) groups is 1. The van der Waals surface area contributed by atoms with Crippen molar-refractivity contribution in [2.75, 3.05) is 55.8 Å². The molecule has 1 amide bonds. The quantitative estimate of drug-likeness (QED) is 0.321. The number of aromatic amines is 1. The first kappa shape index (κ1) is 29.1. The van der Waals surface area contributed by atoms with Gasteiger partial charge in [0.25, 0.3) is 0 Å². The molecule has 10 nitrogen and oxygen atoms in total. The van der Waals surface area contributed by atoms with Crippen molar-refractivity contribution in [1.29, 1.82) is 0 Å². The van der Waals surface area contributed by atoms with E-state index in [1.165, 1.54) is 12.1 Å². The lowest BCUT2D eigenvalue weighted by molar-refractivity contribution is -0.128. The van der Waals surface area contributed by atoms with Gasteiger partial charge in [-0.3, -0.25) is 9.89 Å². The topological polar surface area (TPSA) is 111 Å². The first-order valence-electron chi connectivity index (χ1n) is 14.1. The number of piperazine rings is 1. The number of nitrogens with two attached hydrogens (primary N) is 1. The van der Waals surface area contributed by atoms with Gasteiger partial charge in [-0.1, -0.05) is 18.2 Å². The molecule has 0 aliphatic carbocycles. The fraction of sp³-hybridized carbons (Fsp3) is 0.400. The molecule has 2 saturated heterocycles. The molecular formula is C30H34ClF2N9O. The largest absolute Gasteiger partial charge is 0.382 e. The van der Waals surface area contributed by atoms with E-state index in [0.717, 1.165) is 0 Å². The number of benzene rings is 2. The summed E-state index contributed by atoms with van der Waals surface area (Å²) in [4.78, 5) is 30.2. The van der Waals surface area contributed by atoms with Crippen molar-refractivity contribution in [2.45, 2.75) is 38.9 Å². The zero-order valence-corrected chi connectivity index (χ0v) is 25.5. The lowest BCUT2D eigenvalue weighted by Gasteiger charge is -2.45. The summed E-state index contributed by atoms with van der Waals surface area (Å²) < 4.78 is 31.7. The molecule has 2 atom stereocenters. The normalized spacial score (nSPS) is 19.5. The number of fused-ring (bicyclic) bond motifs is 2. The number of carbonyl (C=O) groups excluding carboxylic acids is 1. The molecule has 43 heavy (non-hydrogen) atoms. The number of rotatable bonds is 5. The highest BCUT2D eigenvalue weighted by Crippen LogP contribution is 2.44. The van der Waals surface area contributed by atoms with Crippen LogP contribution in [0.3, 0.4) is 0 Å². The van der Waals surface area contributed by atoms with Gasteiger partial charge in [0.05, 0.1) is 10.4 Å². The lowest BCUT2D eigenvalue weighted by Crippen LogP contribution is -2.59. The first-order chi connectivity index (χ1) is 20.4. The maximum absolute atomic E-state index is 16.9. The molecule has 2 aliphatic rings. The zero-order chi connectivity index (χ0) is 30.9. The average molecular weight is 610 g/mol. The minimum atomic E-state index is -0.658. The summed E-state index contributed by atoms with van der Waals surface area (Å²) in [5.74, 6) is -0.362. The molecule has 6 rings (SSSR count). The number of hydrogen-bond donors (Lipinski definition) is 2. The third kappa shape index (κ3) is 4.63. The third-order valence-corrected chi connectivity index (χ3v) is 9.01. The highest BCUT2D eigenvalue weighted by Gasteiger charge is 2.36. The van der Waals surface area contributed by atoms with Crippen LogP contribution < -0.4 is 15.5 Å². The summed E-state index contributed by atoms with van der Waals surface area (Å²) in [5.41, 5.74) is 7.17. The van der Waals surface area contributed by atoms with Crippen molar-refractivity contribution in [3.8, 4) is 11.1 Å². The monoisotopic (exact) mass is 609 g/mol. The van der Waals surface area contributed by atoms with Crippen LogP contribution in [0.25, 0.3) is 32.9 Å². The van der Waals surface area contributed by atoms with E-state index in [0.29, 0.717) is 60.5 Å². The van der Waals surface area contributed by atoms with Crippen LogP contribution in [0.2, 0.25) is 5.02 Å². The Morgan fingerprint density at radius 2 is 1.86 bits per heavy atom. The molecule has 226 valence electrons. The van der Waals surface area contributed by atoms with Crippen molar-refractivity contribution >= 4 is 56.9 Å². The molecule has 13 heteroatoms. The predicted molar refractivity (Wildman–Crippen MR) is 167 cm³/mol. The number of hydrogen-bond acceptors (Lipinski definition) is 8. The van der Waals surface area contributed by atoms with Crippen molar-refractivity contribution in [3.05, 3.63) is 47.0 Å². The van der Waals surface area contributed by atoms with E-state index in [2.05, 4.69) is 26.6 Å². The Bertz CT molecular complexity index is 1790. The molecule has 4 aromatic rings. The number of aromatic nitrogens is 4. The Hall–Kier alpha value is -4.03. The van der Waals surface area contributed by atoms with Gasteiger partial charge in [-0.05, 0) is 58.6 Å². The summed E-state index contributed by atoms with van der Waals surface area (Å²) >= 11 is 6.87. The minimum absolute atomic E-state index is 0.0392. The Kier molecular flexibility index (Phi) is 7.16. The van der Waals surface area contributed by atoms with Crippen LogP contribution in [-0.2, 0) is 4.79 Å². The van der Waals surface area contributed by atoms with Crippen LogP contribution >= 0.6 is 11.6 Å². The van der Waals surface area contributed by atoms with Crippen LogP contribution in [0.5, 0.6) is 0 Å². The fourth-order valence-electron chi connectivity index (χ4n) is 6.18. The van der Waals surface area contributed by atoms with Crippen LogP contribution in [0.4, 0.5) is 26.4 Å². The van der Waals surface area contributed by atoms with E-state index in [-0.39, 0.29) is 50.8 Å². The predicted octanol–water partition coefficient (Wildman–Crippen LogP) is 4.36. The first-order valence-corrected chi connectivity index (χ1v) is 14.5. The molecule has 3 N–H and O–H groups in total. The zero-order valence-electron chi connectivity index (χ0n) is 24.7. The number of nitrogen functional groups attached to an aromatic ring is 1. The lowest BCUT2D eigenvalue weighted by atomic mass is 9.94. The third-order valence-electron chi connectivity index (χ3n) is 8.71. The second-order valence-corrected chi connectivity index (χ2v) is 12.2. The van der Waals surface area contributed by atoms with Crippen molar-refractivity contribution in [3.63, 3.8) is 0 Å². The molecule has 0 radical (unpaired) electrons. The molecule has 4 heterocycles. The maximum Gasteiger partial charge on any atom is 0.246 e.